The van der Waals surface area contributed by atoms with Crippen molar-refractivity contribution < 1.29 is 4.52 Å². The molecular weight excluding hydrogens is 252 g/mol. The third kappa shape index (κ3) is 2.27. The standard InChI is InChI=1S/C15H18N4O/c1-3-4-15-17-13-8-11(16)5-6-14(13)19(15)9-12-7-10(2)20-18-12/h5-8H,3-4,9,16H2,1-2H3. The number of imidazole rings is 1. The minimum atomic E-state index is 0.674. The van der Waals surface area contributed by atoms with Gasteiger partial charge >= 0.3 is 0 Å². The maximum atomic E-state index is 5.84. The average molecular weight is 270 g/mol. The minimum Gasteiger partial charge on any atom is -0.399 e. The number of benzene rings is 1. The quantitative estimate of drug-likeness (QED) is 0.740. The second-order valence-corrected chi connectivity index (χ2v) is 5.04. The number of hydrogen-bond acceptors (Lipinski definition) is 4. The molecule has 0 fully saturated rings. The highest BCUT2D eigenvalue weighted by Gasteiger charge is 2.12. The van der Waals surface area contributed by atoms with Gasteiger partial charge in [0.15, 0.2) is 0 Å². The van der Waals surface area contributed by atoms with E-state index < -0.39 is 0 Å². The number of anilines is 1. The van der Waals surface area contributed by atoms with Gasteiger partial charge in [-0.15, -0.1) is 0 Å². The Labute approximate surface area is 117 Å². The van der Waals surface area contributed by atoms with Crippen molar-refractivity contribution in [2.75, 3.05) is 5.73 Å². The summed E-state index contributed by atoms with van der Waals surface area (Å²) in [5.41, 5.74) is 9.51. The van der Waals surface area contributed by atoms with Crippen molar-refractivity contribution in [2.24, 2.45) is 0 Å². The first-order valence-corrected chi connectivity index (χ1v) is 6.84. The second-order valence-electron chi connectivity index (χ2n) is 5.04. The van der Waals surface area contributed by atoms with Crippen molar-refractivity contribution in [3.05, 3.63) is 41.5 Å². The number of aromatic nitrogens is 3. The molecule has 0 saturated heterocycles. The highest BCUT2D eigenvalue weighted by molar-refractivity contribution is 5.79. The predicted molar refractivity (Wildman–Crippen MR) is 78.5 cm³/mol. The molecule has 0 aliphatic rings. The van der Waals surface area contributed by atoms with Gasteiger partial charge in [-0.05, 0) is 31.5 Å². The van der Waals surface area contributed by atoms with E-state index in [0.29, 0.717) is 6.54 Å². The molecular formula is C15H18N4O. The lowest BCUT2D eigenvalue weighted by Crippen LogP contribution is -2.05. The van der Waals surface area contributed by atoms with E-state index in [1.807, 2.05) is 31.2 Å². The molecule has 5 heteroatoms. The summed E-state index contributed by atoms with van der Waals surface area (Å²) in [7, 11) is 0. The summed E-state index contributed by atoms with van der Waals surface area (Å²) in [4.78, 5) is 4.69. The van der Waals surface area contributed by atoms with Crippen LogP contribution in [0.15, 0.2) is 28.8 Å². The summed E-state index contributed by atoms with van der Waals surface area (Å²) in [6.07, 6.45) is 1.99. The summed E-state index contributed by atoms with van der Waals surface area (Å²) >= 11 is 0. The maximum Gasteiger partial charge on any atom is 0.133 e. The van der Waals surface area contributed by atoms with Crippen LogP contribution in [0.2, 0.25) is 0 Å². The molecule has 20 heavy (non-hydrogen) atoms. The molecule has 5 nitrogen and oxygen atoms in total. The molecule has 0 saturated carbocycles. The Morgan fingerprint density at radius 3 is 2.85 bits per heavy atom. The molecule has 0 amide bonds. The summed E-state index contributed by atoms with van der Waals surface area (Å²) in [5, 5.41) is 4.07. The largest absolute Gasteiger partial charge is 0.399 e. The minimum absolute atomic E-state index is 0.674. The van der Waals surface area contributed by atoms with E-state index in [4.69, 9.17) is 15.2 Å². The molecule has 0 bridgehead atoms. The maximum absolute atomic E-state index is 5.84. The number of nitrogens with two attached hydrogens (primary N) is 1. The van der Waals surface area contributed by atoms with Gasteiger partial charge < -0.3 is 14.8 Å². The van der Waals surface area contributed by atoms with Crippen LogP contribution < -0.4 is 5.73 Å². The fourth-order valence-electron chi connectivity index (χ4n) is 2.44. The summed E-state index contributed by atoms with van der Waals surface area (Å²) < 4.78 is 7.33. The van der Waals surface area contributed by atoms with Gasteiger partial charge in [-0.1, -0.05) is 12.1 Å². The summed E-state index contributed by atoms with van der Waals surface area (Å²) in [5.74, 6) is 1.89. The van der Waals surface area contributed by atoms with Gasteiger partial charge in [-0.2, -0.15) is 0 Å². The highest BCUT2D eigenvalue weighted by Crippen LogP contribution is 2.21. The van der Waals surface area contributed by atoms with Crippen molar-refractivity contribution in [3.8, 4) is 0 Å². The van der Waals surface area contributed by atoms with E-state index in [2.05, 4.69) is 16.6 Å². The van der Waals surface area contributed by atoms with Crippen LogP contribution >= 0.6 is 0 Å². The number of rotatable bonds is 4. The number of nitrogen functional groups attached to an aromatic ring is 1. The van der Waals surface area contributed by atoms with E-state index in [1.165, 1.54) is 0 Å². The fraction of sp³-hybridized carbons (Fsp3) is 0.333. The number of fused-ring (bicyclic) bond motifs is 1. The Morgan fingerprint density at radius 1 is 1.30 bits per heavy atom. The van der Waals surface area contributed by atoms with Gasteiger partial charge in [0.05, 0.1) is 17.6 Å². The first-order valence-electron chi connectivity index (χ1n) is 6.84. The zero-order valence-electron chi connectivity index (χ0n) is 11.8. The first-order chi connectivity index (χ1) is 9.67. The Kier molecular flexibility index (Phi) is 3.18. The average Bonchev–Trinajstić information content (AvgIpc) is 2.95. The van der Waals surface area contributed by atoms with Crippen molar-refractivity contribution in [2.45, 2.75) is 33.2 Å². The van der Waals surface area contributed by atoms with Gasteiger partial charge in [-0.3, -0.25) is 0 Å². The third-order valence-corrected chi connectivity index (χ3v) is 3.32. The monoisotopic (exact) mass is 270 g/mol. The van der Waals surface area contributed by atoms with Gasteiger partial charge in [0, 0.05) is 18.2 Å². The van der Waals surface area contributed by atoms with Gasteiger partial charge in [0.25, 0.3) is 0 Å². The van der Waals surface area contributed by atoms with Gasteiger partial charge in [0.2, 0.25) is 0 Å². The van der Waals surface area contributed by atoms with Crippen LogP contribution in [0.25, 0.3) is 11.0 Å². The lowest BCUT2D eigenvalue weighted by atomic mass is 10.2. The molecule has 0 atom stereocenters. The topological polar surface area (TPSA) is 69.9 Å². The molecule has 2 N–H and O–H groups in total. The van der Waals surface area contributed by atoms with Crippen LogP contribution in [0.1, 0.15) is 30.6 Å². The van der Waals surface area contributed by atoms with Crippen molar-refractivity contribution in [1.29, 1.82) is 0 Å². The molecule has 2 heterocycles. The lowest BCUT2D eigenvalue weighted by Gasteiger charge is -2.06. The lowest BCUT2D eigenvalue weighted by molar-refractivity contribution is 0.389. The molecule has 0 aliphatic carbocycles. The van der Waals surface area contributed by atoms with E-state index in [1.54, 1.807) is 0 Å². The molecule has 104 valence electrons. The normalized spacial score (nSPS) is 11.3. The Balaban J connectivity index is 2.08. The van der Waals surface area contributed by atoms with E-state index >= 15 is 0 Å². The number of nitrogens with zero attached hydrogens (tertiary/aromatic N) is 3. The Hall–Kier alpha value is -2.30. The Bertz CT molecular complexity index is 741. The Morgan fingerprint density at radius 2 is 2.15 bits per heavy atom. The van der Waals surface area contributed by atoms with Gasteiger partial charge in [-0.25, -0.2) is 4.98 Å². The van der Waals surface area contributed by atoms with Crippen LogP contribution in [0, 0.1) is 6.92 Å². The van der Waals surface area contributed by atoms with E-state index in [-0.39, 0.29) is 0 Å². The van der Waals surface area contributed by atoms with Crippen LogP contribution in [-0.2, 0) is 13.0 Å². The summed E-state index contributed by atoms with van der Waals surface area (Å²) in [6, 6.07) is 7.80. The van der Waals surface area contributed by atoms with Crippen LogP contribution in [0.5, 0.6) is 0 Å². The van der Waals surface area contributed by atoms with Crippen molar-refractivity contribution in [1.82, 2.24) is 14.7 Å². The zero-order chi connectivity index (χ0) is 14.1. The van der Waals surface area contributed by atoms with Gasteiger partial charge in [0.1, 0.15) is 17.3 Å². The van der Waals surface area contributed by atoms with Crippen molar-refractivity contribution in [3.63, 3.8) is 0 Å². The van der Waals surface area contributed by atoms with Crippen LogP contribution in [0.3, 0.4) is 0 Å². The van der Waals surface area contributed by atoms with E-state index in [9.17, 15) is 0 Å². The fourth-order valence-corrected chi connectivity index (χ4v) is 2.44. The van der Waals surface area contributed by atoms with Crippen LogP contribution in [0.4, 0.5) is 5.69 Å². The molecule has 1 aromatic carbocycles. The van der Waals surface area contributed by atoms with E-state index in [0.717, 1.165) is 46.8 Å². The number of hydrogen-bond donors (Lipinski definition) is 1. The second kappa shape index (κ2) is 5.00. The predicted octanol–water partition coefficient (Wildman–Crippen LogP) is 2.92. The molecule has 2 aromatic heterocycles. The zero-order valence-corrected chi connectivity index (χ0v) is 11.8. The third-order valence-electron chi connectivity index (χ3n) is 3.32. The van der Waals surface area contributed by atoms with Crippen LogP contribution in [-0.4, -0.2) is 14.7 Å². The smallest absolute Gasteiger partial charge is 0.133 e. The van der Waals surface area contributed by atoms with Crippen molar-refractivity contribution >= 4 is 16.7 Å². The molecule has 3 rings (SSSR count). The first kappa shape index (κ1) is 12.7. The molecule has 0 aliphatic heterocycles. The molecule has 0 radical (unpaired) electrons. The highest BCUT2D eigenvalue weighted by atomic mass is 16.5. The SMILES string of the molecule is CCCc1nc2cc(N)ccc2n1Cc1cc(C)on1. The number of aryl methyl sites for hydroxylation is 2. The molecule has 3 aromatic rings. The molecule has 0 unspecified atom stereocenters. The summed E-state index contributed by atoms with van der Waals surface area (Å²) in [6.45, 7) is 4.72. The molecule has 0 spiro atoms.